The second-order valence-corrected chi connectivity index (χ2v) is 8.01. The first-order valence-electron chi connectivity index (χ1n) is 10.3. The summed E-state index contributed by atoms with van der Waals surface area (Å²) in [5.74, 6) is 2.01. The quantitative estimate of drug-likeness (QED) is 0.255. The minimum Gasteiger partial charge on any atom is -0.354 e. The maximum absolute atomic E-state index is 11.9. The first kappa shape index (κ1) is 25.9. The fourth-order valence-corrected chi connectivity index (χ4v) is 4.21. The summed E-state index contributed by atoms with van der Waals surface area (Å²) in [5, 5.41) is 11.5. The maximum Gasteiger partial charge on any atom is 0.251 e. The number of nitrogens with two attached hydrogens (primary N) is 1. The van der Waals surface area contributed by atoms with Gasteiger partial charge < -0.3 is 27.0 Å². The second-order valence-electron chi connectivity index (χ2n) is 6.94. The molecule has 2 rings (SSSR count). The van der Waals surface area contributed by atoms with Gasteiger partial charge in [-0.25, -0.2) is 0 Å². The van der Waals surface area contributed by atoms with E-state index in [1.54, 1.807) is 12.1 Å². The van der Waals surface area contributed by atoms with Gasteiger partial charge in [0.25, 0.3) is 5.91 Å². The van der Waals surface area contributed by atoms with Gasteiger partial charge in [0, 0.05) is 49.2 Å². The van der Waals surface area contributed by atoms with Crippen molar-refractivity contribution in [1.29, 1.82) is 0 Å². The van der Waals surface area contributed by atoms with Gasteiger partial charge in [0.1, 0.15) is 0 Å². The zero-order chi connectivity index (χ0) is 22.2. The summed E-state index contributed by atoms with van der Waals surface area (Å²) >= 11 is 1.87. The number of amides is 3. The number of rotatable bonds is 11. The molecular weight excluding hydrogens is 402 g/mol. The molecule has 0 radical (unpaired) electrons. The van der Waals surface area contributed by atoms with Crippen LogP contribution < -0.4 is 27.0 Å². The van der Waals surface area contributed by atoms with Gasteiger partial charge in [-0.2, -0.15) is 11.8 Å². The predicted octanol–water partition coefficient (Wildman–Crippen LogP) is 0.617. The lowest BCUT2D eigenvalue weighted by Gasteiger charge is -2.16. The Hall–Kier alpha value is -2.10. The van der Waals surface area contributed by atoms with E-state index in [4.69, 9.17) is 5.73 Å². The van der Waals surface area contributed by atoms with Crippen molar-refractivity contribution in [3.63, 3.8) is 0 Å². The molecule has 1 aliphatic heterocycles. The first-order chi connectivity index (χ1) is 14.5. The van der Waals surface area contributed by atoms with E-state index >= 15 is 0 Å². The fourth-order valence-electron chi connectivity index (χ4n) is 2.84. The van der Waals surface area contributed by atoms with Crippen LogP contribution in [-0.4, -0.2) is 62.0 Å². The summed E-state index contributed by atoms with van der Waals surface area (Å²) < 4.78 is 0. The normalized spacial score (nSPS) is 17.4. The van der Waals surface area contributed by atoms with Crippen molar-refractivity contribution in [2.75, 3.05) is 31.6 Å². The molecule has 0 saturated carbocycles. The van der Waals surface area contributed by atoms with Crippen LogP contribution >= 0.6 is 11.8 Å². The summed E-state index contributed by atoms with van der Waals surface area (Å²) in [6.07, 6.45) is 3.22. The highest BCUT2D eigenvalue weighted by molar-refractivity contribution is 7.99. The number of carbonyl (C=O) groups excluding carboxylic acids is 3. The molecule has 1 saturated heterocycles. The molecular formula is C21H35N5O3S. The molecule has 2 atom stereocenters. The van der Waals surface area contributed by atoms with Gasteiger partial charge in [0.15, 0.2) is 0 Å². The topological polar surface area (TPSA) is 125 Å². The summed E-state index contributed by atoms with van der Waals surface area (Å²) in [4.78, 5) is 33.3. The largest absolute Gasteiger partial charge is 0.354 e. The lowest BCUT2D eigenvalue weighted by molar-refractivity contribution is -0.121. The van der Waals surface area contributed by atoms with Crippen LogP contribution in [0.5, 0.6) is 0 Å². The van der Waals surface area contributed by atoms with Gasteiger partial charge >= 0.3 is 0 Å². The van der Waals surface area contributed by atoms with Gasteiger partial charge in [-0.15, -0.1) is 0 Å². The van der Waals surface area contributed by atoms with Gasteiger partial charge in [0.05, 0.1) is 6.04 Å². The molecule has 3 amide bonds. The Morgan fingerprint density at radius 3 is 2.60 bits per heavy atom. The fraction of sp³-hybridized carbons (Fsp3) is 0.571. The van der Waals surface area contributed by atoms with Crippen LogP contribution in [0.2, 0.25) is 0 Å². The smallest absolute Gasteiger partial charge is 0.251 e. The highest BCUT2D eigenvalue weighted by Gasteiger charge is 2.25. The molecule has 9 heteroatoms. The molecule has 168 valence electrons. The van der Waals surface area contributed by atoms with Crippen LogP contribution in [0.15, 0.2) is 24.3 Å². The van der Waals surface area contributed by atoms with E-state index in [0.717, 1.165) is 36.3 Å². The molecule has 1 aromatic rings. The number of likely N-dealkylation sites (N-methyl/N-ethyl adjacent to an activating group) is 1. The van der Waals surface area contributed by atoms with E-state index in [9.17, 15) is 14.4 Å². The Kier molecular flexibility index (Phi) is 13.6. The summed E-state index contributed by atoms with van der Waals surface area (Å²) in [6.45, 7) is 3.33. The number of thioether (sulfide) groups is 1. The molecule has 0 aliphatic carbocycles. The summed E-state index contributed by atoms with van der Waals surface area (Å²) in [5.41, 5.74) is 7.04. The summed E-state index contributed by atoms with van der Waals surface area (Å²) in [7, 11) is 1.93. The van der Waals surface area contributed by atoms with E-state index < -0.39 is 0 Å². The SMILES string of the molecule is CCCCC(=O)NCCNC(=O)c1cccc(CN)c1.CNC1CSCC1NC=O. The lowest BCUT2D eigenvalue weighted by atomic mass is 10.1. The summed E-state index contributed by atoms with van der Waals surface area (Å²) in [6, 6.07) is 7.99. The van der Waals surface area contributed by atoms with Crippen molar-refractivity contribution in [3.8, 4) is 0 Å². The molecule has 6 N–H and O–H groups in total. The molecule has 30 heavy (non-hydrogen) atoms. The van der Waals surface area contributed by atoms with E-state index in [1.807, 2.05) is 37.9 Å². The molecule has 1 fully saturated rings. The highest BCUT2D eigenvalue weighted by Crippen LogP contribution is 2.17. The lowest BCUT2D eigenvalue weighted by Crippen LogP contribution is -2.45. The Morgan fingerprint density at radius 1 is 1.20 bits per heavy atom. The molecule has 0 bridgehead atoms. The number of benzene rings is 1. The molecule has 0 spiro atoms. The van der Waals surface area contributed by atoms with Crippen LogP contribution in [0, 0.1) is 0 Å². The third-order valence-electron chi connectivity index (χ3n) is 4.65. The van der Waals surface area contributed by atoms with Crippen molar-refractivity contribution in [3.05, 3.63) is 35.4 Å². The monoisotopic (exact) mass is 437 g/mol. The van der Waals surface area contributed by atoms with E-state index in [1.165, 1.54) is 0 Å². The standard InChI is InChI=1S/C15H23N3O2.C6H12N2OS/c1-2-3-7-14(19)17-8-9-18-15(20)13-6-4-5-12(10-13)11-16;1-7-5-2-10-3-6(5)8-4-9/h4-6,10H,2-3,7-9,11,16H2,1H3,(H,17,19)(H,18,20);4-7H,2-3H2,1H3,(H,8,9). The Bertz CT molecular complexity index is 659. The molecule has 8 nitrogen and oxygen atoms in total. The van der Waals surface area contributed by atoms with Gasteiger partial charge in [0.2, 0.25) is 12.3 Å². The Balaban J connectivity index is 0.000000375. The number of hydrogen-bond acceptors (Lipinski definition) is 6. The molecule has 2 unspecified atom stereocenters. The third-order valence-corrected chi connectivity index (χ3v) is 5.84. The van der Waals surface area contributed by atoms with Crippen LogP contribution in [0.25, 0.3) is 0 Å². The van der Waals surface area contributed by atoms with Crippen LogP contribution in [0.3, 0.4) is 0 Å². The molecule has 0 aromatic heterocycles. The zero-order valence-electron chi connectivity index (χ0n) is 17.9. The van der Waals surface area contributed by atoms with Crippen LogP contribution in [0.4, 0.5) is 0 Å². The second kappa shape index (κ2) is 15.7. The van der Waals surface area contributed by atoms with Crippen molar-refractivity contribution < 1.29 is 14.4 Å². The van der Waals surface area contributed by atoms with Gasteiger partial charge in [-0.05, 0) is 31.2 Å². The third kappa shape index (κ3) is 10.1. The van der Waals surface area contributed by atoms with Crippen molar-refractivity contribution in [2.45, 2.75) is 44.8 Å². The number of unbranched alkanes of at least 4 members (excludes halogenated alkanes) is 1. The van der Waals surface area contributed by atoms with E-state index in [0.29, 0.717) is 43.7 Å². The van der Waals surface area contributed by atoms with Gasteiger partial charge in [-0.1, -0.05) is 25.5 Å². The predicted molar refractivity (Wildman–Crippen MR) is 122 cm³/mol. The highest BCUT2D eigenvalue weighted by atomic mass is 32.2. The average Bonchev–Trinajstić information content (AvgIpc) is 3.23. The molecule has 1 aliphatic rings. The van der Waals surface area contributed by atoms with E-state index in [2.05, 4.69) is 21.3 Å². The van der Waals surface area contributed by atoms with Gasteiger partial charge in [-0.3, -0.25) is 14.4 Å². The van der Waals surface area contributed by atoms with Crippen molar-refractivity contribution in [1.82, 2.24) is 21.3 Å². The number of hydrogen-bond donors (Lipinski definition) is 5. The minimum absolute atomic E-state index is 0.0335. The van der Waals surface area contributed by atoms with Crippen LogP contribution in [-0.2, 0) is 16.1 Å². The van der Waals surface area contributed by atoms with Crippen LogP contribution in [0.1, 0.15) is 42.1 Å². The first-order valence-corrected chi connectivity index (χ1v) is 11.5. The van der Waals surface area contributed by atoms with Crippen molar-refractivity contribution in [2.24, 2.45) is 5.73 Å². The number of carbonyl (C=O) groups is 3. The molecule has 1 aromatic carbocycles. The number of nitrogens with one attached hydrogen (secondary N) is 4. The van der Waals surface area contributed by atoms with Crippen molar-refractivity contribution >= 4 is 30.0 Å². The molecule has 1 heterocycles. The van der Waals surface area contributed by atoms with E-state index in [-0.39, 0.29) is 11.8 Å². The Morgan fingerprint density at radius 2 is 1.93 bits per heavy atom. The minimum atomic E-state index is -0.150. The average molecular weight is 438 g/mol. The maximum atomic E-state index is 11.9. The zero-order valence-corrected chi connectivity index (χ0v) is 18.7. The Labute approximate surface area is 183 Å².